The number of hydrogen-bond acceptors (Lipinski definition) is 4. The van der Waals surface area contributed by atoms with Crippen LogP contribution in [0.25, 0.3) is 22.2 Å². The first-order valence-electron chi connectivity index (χ1n) is 9.90. The van der Waals surface area contributed by atoms with Gasteiger partial charge in [-0.05, 0) is 42.8 Å². The molecule has 1 amide bonds. The summed E-state index contributed by atoms with van der Waals surface area (Å²) in [7, 11) is 1.64. The van der Waals surface area contributed by atoms with Gasteiger partial charge in [-0.3, -0.25) is 14.5 Å². The van der Waals surface area contributed by atoms with Crippen LogP contribution in [0.4, 0.5) is 13.2 Å². The fourth-order valence-electron chi connectivity index (χ4n) is 4.20. The van der Waals surface area contributed by atoms with Gasteiger partial charge in [-0.25, -0.2) is 13.2 Å². The maximum Gasteiger partial charge on any atom is 0.254 e. The van der Waals surface area contributed by atoms with Crippen molar-refractivity contribution in [1.29, 1.82) is 0 Å². The zero-order chi connectivity index (χ0) is 22.6. The van der Waals surface area contributed by atoms with Gasteiger partial charge in [-0.2, -0.15) is 5.10 Å². The maximum absolute atomic E-state index is 13.8. The smallest absolute Gasteiger partial charge is 0.254 e. The van der Waals surface area contributed by atoms with Crippen molar-refractivity contribution in [2.75, 3.05) is 6.54 Å². The molecule has 0 bridgehead atoms. The van der Waals surface area contributed by atoms with Gasteiger partial charge in [-0.15, -0.1) is 0 Å². The zero-order valence-electron chi connectivity index (χ0n) is 16.9. The predicted octanol–water partition coefficient (Wildman–Crippen LogP) is 3.96. The minimum absolute atomic E-state index is 0.0892. The normalized spacial score (nSPS) is 13.4. The van der Waals surface area contributed by atoms with E-state index in [0.29, 0.717) is 40.8 Å². The largest absolute Gasteiger partial charge is 0.507 e. The van der Waals surface area contributed by atoms with E-state index in [1.54, 1.807) is 30.1 Å². The summed E-state index contributed by atoms with van der Waals surface area (Å²) in [5.41, 5.74) is 3.01. The molecule has 1 aliphatic rings. The van der Waals surface area contributed by atoms with Gasteiger partial charge >= 0.3 is 0 Å². The van der Waals surface area contributed by atoms with Gasteiger partial charge < -0.3 is 10.0 Å². The molecule has 1 N–H and O–H groups in total. The zero-order valence-corrected chi connectivity index (χ0v) is 16.9. The molecule has 5 rings (SSSR count). The molecule has 6 nitrogen and oxygen atoms in total. The maximum atomic E-state index is 13.8. The van der Waals surface area contributed by atoms with Gasteiger partial charge in [0.1, 0.15) is 5.75 Å². The summed E-state index contributed by atoms with van der Waals surface area (Å²) in [5.74, 6) is -4.17. The summed E-state index contributed by atoms with van der Waals surface area (Å²) < 4.78 is 42.4. The predicted molar refractivity (Wildman–Crippen MR) is 110 cm³/mol. The molecular weight excluding hydrogens is 421 g/mol. The second kappa shape index (κ2) is 7.37. The van der Waals surface area contributed by atoms with E-state index in [1.807, 2.05) is 0 Å². The van der Waals surface area contributed by atoms with E-state index in [-0.39, 0.29) is 23.8 Å². The lowest BCUT2D eigenvalue weighted by molar-refractivity contribution is 0.0732. The monoisotopic (exact) mass is 438 g/mol. The number of carbonyl (C=O) groups excluding carboxylic acids is 1. The van der Waals surface area contributed by atoms with Crippen LogP contribution < -0.4 is 0 Å². The summed E-state index contributed by atoms with van der Waals surface area (Å²) in [6.45, 7) is 0.599. The van der Waals surface area contributed by atoms with Crippen LogP contribution in [-0.4, -0.2) is 37.2 Å². The topological polar surface area (TPSA) is 71.2 Å². The number of rotatable bonds is 2. The molecule has 2 aromatic heterocycles. The molecule has 0 saturated heterocycles. The molecule has 0 saturated carbocycles. The fourth-order valence-corrected chi connectivity index (χ4v) is 4.20. The number of aryl methyl sites for hydroxylation is 1. The Morgan fingerprint density at radius 3 is 2.59 bits per heavy atom. The Hall–Kier alpha value is -3.88. The molecule has 2 aromatic carbocycles. The van der Waals surface area contributed by atoms with Crippen molar-refractivity contribution in [2.45, 2.75) is 13.0 Å². The summed E-state index contributed by atoms with van der Waals surface area (Å²) in [6, 6.07) is 8.29. The molecule has 4 aromatic rings. The van der Waals surface area contributed by atoms with E-state index in [2.05, 4.69) is 10.1 Å². The minimum atomic E-state index is -1.51. The Labute approximate surface area is 180 Å². The van der Waals surface area contributed by atoms with Crippen LogP contribution in [0.3, 0.4) is 0 Å². The average Bonchev–Trinajstić information content (AvgIpc) is 3.11. The van der Waals surface area contributed by atoms with Crippen molar-refractivity contribution in [2.24, 2.45) is 7.05 Å². The van der Waals surface area contributed by atoms with E-state index >= 15 is 0 Å². The summed E-state index contributed by atoms with van der Waals surface area (Å²) in [6.07, 6.45) is 1.90. The number of aromatic hydroxyl groups is 1. The van der Waals surface area contributed by atoms with Crippen LogP contribution in [-0.2, 0) is 20.0 Å². The van der Waals surface area contributed by atoms with Crippen molar-refractivity contribution in [3.63, 3.8) is 0 Å². The molecule has 9 heteroatoms. The van der Waals surface area contributed by atoms with Gasteiger partial charge in [0.2, 0.25) is 0 Å². The average molecular weight is 438 g/mol. The van der Waals surface area contributed by atoms with Crippen molar-refractivity contribution in [3.8, 4) is 17.0 Å². The molecule has 0 radical (unpaired) electrons. The first kappa shape index (κ1) is 20.0. The van der Waals surface area contributed by atoms with Crippen molar-refractivity contribution < 1.29 is 23.1 Å². The second-order valence-electron chi connectivity index (χ2n) is 7.69. The molecule has 1 aliphatic heterocycles. The van der Waals surface area contributed by atoms with Crippen LogP contribution >= 0.6 is 0 Å². The highest BCUT2D eigenvalue weighted by Gasteiger charge is 2.28. The molecule has 0 unspecified atom stereocenters. The van der Waals surface area contributed by atoms with Crippen molar-refractivity contribution in [1.82, 2.24) is 19.7 Å². The summed E-state index contributed by atoms with van der Waals surface area (Å²) in [4.78, 5) is 18.9. The highest BCUT2D eigenvalue weighted by atomic mass is 19.2. The van der Waals surface area contributed by atoms with E-state index in [0.717, 1.165) is 17.7 Å². The molecule has 0 atom stereocenters. The second-order valence-corrected chi connectivity index (χ2v) is 7.69. The van der Waals surface area contributed by atoms with E-state index in [4.69, 9.17) is 0 Å². The highest BCUT2D eigenvalue weighted by Crippen LogP contribution is 2.32. The van der Waals surface area contributed by atoms with Crippen LogP contribution in [0.5, 0.6) is 5.75 Å². The number of carbonyl (C=O) groups is 1. The third-order valence-corrected chi connectivity index (χ3v) is 5.71. The quantitative estimate of drug-likeness (QED) is 0.481. The number of aromatic nitrogens is 3. The molecule has 162 valence electrons. The van der Waals surface area contributed by atoms with Crippen LogP contribution in [0, 0.1) is 17.5 Å². The number of hydrogen-bond donors (Lipinski definition) is 1. The molecule has 0 fully saturated rings. The number of fused-ring (bicyclic) bond motifs is 2. The van der Waals surface area contributed by atoms with Gasteiger partial charge in [-0.1, -0.05) is 0 Å². The van der Waals surface area contributed by atoms with Crippen LogP contribution in [0.2, 0.25) is 0 Å². The summed E-state index contributed by atoms with van der Waals surface area (Å²) >= 11 is 0. The fraction of sp³-hybridized carbons (Fsp3) is 0.174. The first-order valence-corrected chi connectivity index (χ1v) is 9.90. The standard InChI is InChI=1S/C23H17F3N4O2/c1-29-22(13-8-16(24)21(26)17(25)9-13)15-5-7-30(11-19(15)28-29)23(32)12-2-3-14-18(10-12)27-6-4-20(14)31/h2-4,6,8-10H,5,7,11H2,1H3,(H,27,31). The number of pyridine rings is 1. The first-order chi connectivity index (χ1) is 15.3. The van der Waals surface area contributed by atoms with E-state index in [1.165, 1.54) is 16.9 Å². The Bertz CT molecular complexity index is 1380. The Morgan fingerprint density at radius 1 is 1.09 bits per heavy atom. The third-order valence-electron chi connectivity index (χ3n) is 5.71. The van der Waals surface area contributed by atoms with Crippen LogP contribution in [0.1, 0.15) is 21.6 Å². The van der Waals surface area contributed by atoms with Gasteiger partial charge in [0.15, 0.2) is 17.5 Å². The van der Waals surface area contributed by atoms with Crippen molar-refractivity contribution in [3.05, 3.63) is 76.9 Å². The van der Waals surface area contributed by atoms with Gasteiger partial charge in [0.25, 0.3) is 5.91 Å². The molecule has 0 aliphatic carbocycles. The van der Waals surface area contributed by atoms with E-state index in [9.17, 15) is 23.1 Å². The lowest BCUT2D eigenvalue weighted by Crippen LogP contribution is -2.36. The SMILES string of the molecule is Cn1nc2c(c1-c1cc(F)c(F)c(F)c1)CCN(C(=O)c1ccc3c(O)ccnc3c1)C2. The summed E-state index contributed by atoms with van der Waals surface area (Å²) in [5, 5.41) is 14.9. The number of benzene rings is 2. The molecule has 0 spiro atoms. The third kappa shape index (κ3) is 3.17. The Balaban J connectivity index is 1.46. The Morgan fingerprint density at radius 2 is 1.84 bits per heavy atom. The molecule has 3 heterocycles. The minimum Gasteiger partial charge on any atom is -0.507 e. The lowest BCUT2D eigenvalue weighted by atomic mass is 9.99. The number of halogens is 3. The van der Waals surface area contributed by atoms with Gasteiger partial charge in [0.05, 0.1) is 23.4 Å². The number of amides is 1. The number of nitrogens with zero attached hydrogens (tertiary/aromatic N) is 4. The highest BCUT2D eigenvalue weighted by molar-refractivity contribution is 5.98. The van der Waals surface area contributed by atoms with E-state index < -0.39 is 17.5 Å². The lowest BCUT2D eigenvalue weighted by Gasteiger charge is -2.27. The molecular formula is C23H17F3N4O2. The van der Waals surface area contributed by atoms with Crippen LogP contribution in [0.15, 0.2) is 42.6 Å². The Kier molecular flexibility index (Phi) is 4.61. The molecule has 32 heavy (non-hydrogen) atoms. The van der Waals surface area contributed by atoms with Crippen molar-refractivity contribution >= 4 is 16.8 Å². The van der Waals surface area contributed by atoms with Gasteiger partial charge in [0, 0.05) is 41.9 Å².